The molecule has 0 aliphatic rings. The second-order valence-corrected chi connectivity index (χ2v) is 5.61. The maximum absolute atomic E-state index is 5.81. The van der Waals surface area contributed by atoms with Gasteiger partial charge in [0, 0.05) is 28.4 Å². The molecule has 6 heteroatoms. The van der Waals surface area contributed by atoms with E-state index in [1.165, 1.54) is 0 Å². The number of nitrogens with zero attached hydrogens (tertiary/aromatic N) is 4. The average molecular weight is 293 g/mol. The van der Waals surface area contributed by atoms with Crippen LogP contribution in [0, 0.1) is 0 Å². The predicted octanol–water partition coefficient (Wildman–Crippen LogP) is 3.01. The number of anilines is 1. The summed E-state index contributed by atoms with van der Waals surface area (Å²) < 4.78 is 1.97. The quantitative estimate of drug-likeness (QED) is 0.575. The number of nitrogen functional groups attached to an aromatic ring is 1. The highest BCUT2D eigenvalue weighted by Gasteiger charge is 2.09. The van der Waals surface area contributed by atoms with Crippen molar-refractivity contribution in [3.05, 3.63) is 54.9 Å². The molecule has 1 aromatic carbocycles. The molecule has 0 aliphatic carbocycles. The first-order chi connectivity index (χ1) is 10.3. The lowest BCUT2D eigenvalue weighted by Gasteiger charge is -2.05. The summed E-state index contributed by atoms with van der Waals surface area (Å²) in [4.78, 5) is 5.44. The van der Waals surface area contributed by atoms with Crippen LogP contribution in [0.4, 0.5) is 5.69 Å². The van der Waals surface area contributed by atoms with Crippen LogP contribution in [-0.4, -0.2) is 19.6 Å². The summed E-state index contributed by atoms with van der Waals surface area (Å²) in [5.74, 6) is 0. The van der Waals surface area contributed by atoms with Crippen LogP contribution >= 0.6 is 11.8 Å². The van der Waals surface area contributed by atoms with E-state index in [9.17, 15) is 0 Å². The van der Waals surface area contributed by atoms with Gasteiger partial charge in [-0.05, 0) is 48.2 Å². The summed E-state index contributed by atoms with van der Waals surface area (Å²) in [6.45, 7) is 0. The number of hydrogen-bond acceptors (Lipinski definition) is 5. The highest BCUT2D eigenvalue weighted by Crippen LogP contribution is 2.32. The summed E-state index contributed by atoms with van der Waals surface area (Å²) >= 11 is 1.57. The van der Waals surface area contributed by atoms with Gasteiger partial charge in [0.05, 0.1) is 5.52 Å². The maximum Gasteiger partial charge on any atom is 0.200 e. The van der Waals surface area contributed by atoms with Crippen molar-refractivity contribution < 1.29 is 0 Å². The number of fused-ring (bicyclic) bond motifs is 2. The molecule has 0 radical (unpaired) electrons. The van der Waals surface area contributed by atoms with Gasteiger partial charge in [0.1, 0.15) is 0 Å². The lowest BCUT2D eigenvalue weighted by Crippen LogP contribution is -1.89. The fourth-order valence-electron chi connectivity index (χ4n) is 2.22. The Labute approximate surface area is 124 Å². The van der Waals surface area contributed by atoms with Gasteiger partial charge in [-0.25, -0.2) is 0 Å². The van der Waals surface area contributed by atoms with Crippen molar-refractivity contribution in [2.75, 3.05) is 5.73 Å². The molecule has 3 heterocycles. The Morgan fingerprint density at radius 1 is 1.05 bits per heavy atom. The zero-order valence-corrected chi connectivity index (χ0v) is 11.8. The topological polar surface area (TPSA) is 69.1 Å². The molecule has 0 unspecified atom stereocenters. The van der Waals surface area contributed by atoms with Gasteiger partial charge in [-0.1, -0.05) is 6.07 Å². The van der Waals surface area contributed by atoms with E-state index in [0.717, 1.165) is 26.6 Å². The Kier molecular flexibility index (Phi) is 2.75. The fraction of sp³-hybridized carbons (Fsp3) is 0. The van der Waals surface area contributed by atoms with Crippen molar-refractivity contribution in [2.24, 2.45) is 0 Å². The van der Waals surface area contributed by atoms with Crippen LogP contribution in [0.3, 0.4) is 0 Å². The Bertz CT molecular complexity index is 947. The summed E-state index contributed by atoms with van der Waals surface area (Å²) in [5, 5.41) is 10.3. The zero-order chi connectivity index (χ0) is 14.2. The summed E-state index contributed by atoms with van der Waals surface area (Å²) in [7, 11) is 0. The normalized spacial score (nSPS) is 11.2. The molecule has 0 saturated carbocycles. The monoisotopic (exact) mass is 293 g/mol. The van der Waals surface area contributed by atoms with Crippen LogP contribution in [0.15, 0.2) is 64.9 Å². The van der Waals surface area contributed by atoms with E-state index in [2.05, 4.69) is 15.2 Å². The number of hydrogen-bond donors (Lipinski definition) is 1. The van der Waals surface area contributed by atoms with Gasteiger partial charge >= 0.3 is 0 Å². The Morgan fingerprint density at radius 3 is 2.95 bits per heavy atom. The van der Waals surface area contributed by atoms with Gasteiger partial charge in [-0.3, -0.25) is 9.38 Å². The molecule has 0 atom stereocenters. The van der Waals surface area contributed by atoms with Crippen molar-refractivity contribution in [1.82, 2.24) is 19.6 Å². The molecule has 3 aromatic heterocycles. The number of pyridine rings is 2. The molecule has 0 fully saturated rings. The molecule has 0 aliphatic heterocycles. The molecule has 21 heavy (non-hydrogen) atoms. The van der Waals surface area contributed by atoms with Crippen molar-refractivity contribution in [3.63, 3.8) is 0 Å². The van der Waals surface area contributed by atoms with Crippen LogP contribution in [0.1, 0.15) is 0 Å². The second kappa shape index (κ2) is 4.75. The SMILES string of the molecule is Nc1ccc2c(Sc3nnc4ccccn34)ccnc2c1. The van der Waals surface area contributed by atoms with E-state index in [1.54, 1.807) is 18.0 Å². The third kappa shape index (κ3) is 2.09. The zero-order valence-electron chi connectivity index (χ0n) is 11.0. The Morgan fingerprint density at radius 2 is 2.00 bits per heavy atom. The average Bonchev–Trinajstić information content (AvgIpc) is 2.91. The third-order valence-corrected chi connectivity index (χ3v) is 4.25. The van der Waals surface area contributed by atoms with Crippen LogP contribution < -0.4 is 5.73 Å². The third-order valence-electron chi connectivity index (χ3n) is 3.21. The fourth-order valence-corrected chi connectivity index (χ4v) is 3.16. The lowest BCUT2D eigenvalue weighted by atomic mass is 10.2. The van der Waals surface area contributed by atoms with Crippen LogP contribution in [0.25, 0.3) is 16.6 Å². The molecule has 0 bridgehead atoms. The molecule has 2 N–H and O–H groups in total. The number of benzene rings is 1. The van der Waals surface area contributed by atoms with E-state index < -0.39 is 0 Å². The van der Waals surface area contributed by atoms with Crippen LogP contribution in [-0.2, 0) is 0 Å². The molecule has 0 amide bonds. The second-order valence-electron chi connectivity index (χ2n) is 4.60. The largest absolute Gasteiger partial charge is 0.399 e. The van der Waals surface area contributed by atoms with Crippen molar-refractivity contribution >= 4 is 34.0 Å². The molecule has 0 spiro atoms. The molecule has 0 saturated heterocycles. The van der Waals surface area contributed by atoms with Crippen molar-refractivity contribution in [2.45, 2.75) is 10.1 Å². The summed E-state index contributed by atoms with van der Waals surface area (Å²) in [6, 6.07) is 13.6. The number of rotatable bonds is 2. The Balaban J connectivity index is 1.84. The van der Waals surface area contributed by atoms with Gasteiger partial charge in [0.2, 0.25) is 0 Å². The van der Waals surface area contributed by atoms with E-state index in [4.69, 9.17) is 5.73 Å². The first kappa shape index (κ1) is 12.2. The number of aromatic nitrogens is 4. The maximum atomic E-state index is 5.81. The van der Waals surface area contributed by atoms with Crippen LogP contribution in [0.5, 0.6) is 0 Å². The Hall–Kier alpha value is -2.60. The minimum atomic E-state index is 0.713. The van der Waals surface area contributed by atoms with Gasteiger partial charge in [0.15, 0.2) is 10.8 Å². The van der Waals surface area contributed by atoms with Crippen molar-refractivity contribution in [1.29, 1.82) is 0 Å². The molecule has 102 valence electrons. The van der Waals surface area contributed by atoms with E-state index in [1.807, 2.05) is 53.1 Å². The first-order valence-corrected chi connectivity index (χ1v) is 7.25. The molecular weight excluding hydrogens is 282 g/mol. The van der Waals surface area contributed by atoms with Crippen LogP contribution in [0.2, 0.25) is 0 Å². The highest BCUT2D eigenvalue weighted by molar-refractivity contribution is 7.99. The van der Waals surface area contributed by atoms with E-state index in [-0.39, 0.29) is 0 Å². The molecule has 4 rings (SSSR count). The van der Waals surface area contributed by atoms with Gasteiger partial charge in [0.25, 0.3) is 0 Å². The van der Waals surface area contributed by atoms with E-state index >= 15 is 0 Å². The summed E-state index contributed by atoms with van der Waals surface area (Å²) in [5.41, 5.74) is 8.24. The number of nitrogens with two attached hydrogens (primary N) is 1. The minimum absolute atomic E-state index is 0.713. The summed E-state index contributed by atoms with van der Waals surface area (Å²) in [6.07, 6.45) is 3.74. The van der Waals surface area contributed by atoms with Crippen molar-refractivity contribution in [3.8, 4) is 0 Å². The minimum Gasteiger partial charge on any atom is -0.399 e. The van der Waals surface area contributed by atoms with Gasteiger partial charge in [-0.15, -0.1) is 10.2 Å². The lowest BCUT2D eigenvalue weighted by molar-refractivity contribution is 0.922. The van der Waals surface area contributed by atoms with Gasteiger partial charge < -0.3 is 5.73 Å². The predicted molar refractivity (Wildman–Crippen MR) is 83.3 cm³/mol. The molecule has 5 nitrogen and oxygen atoms in total. The highest BCUT2D eigenvalue weighted by atomic mass is 32.2. The standard InChI is InChI=1S/C15H11N5S/c16-10-4-5-11-12(9-10)17-7-6-13(11)21-15-19-18-14-3-1-2-8-20(14)15/h1-9H,16H2. The molecular formula is C15H11N5S. The first-order valence-electron chi connectivity index (χ1n) is 6.43. The van der Waals surface area contributed by atoms with Gasteiger partial charge in [-0.2, -0.15) is 0 Å². The molecule has 4 aromatic rings. The van der Waals surface area contributed by atoms with E-state index in [0.29, 0.717) is 5.69 Å². The smallest absolute Gasteiger partial charge is 0.200 e.